The number of hydrogen-bond acceptors (Lipinski definition) is 5. The first-order chi connectivity index (χ1) is 13.5. The lowest BCUT2D eigenvalue weighted by atomic mass is 10.2. The number of ether oxygens (including phenoxy) is 2. The summed E-state index contributed by atoms with van der Waals surface area (Å²) in [6.45, 7) is 3.95. The van der Waals surface area contributed by atoms with E-state index >= 15 is 0 Å². The Morgan fingerprint density at radius 3 is 2.46 bits per heavy atom. The molecule has 0 fully saturated rings. The Morgan fingerprint density at radius 2 is 1.75 bits per heavy atom. The minimum Gasteiger partial charge on any atom is -0.497 e. The monoisotopic (exact) mass is 377 g/mol. The number of anilines is 3. The molecule has 6 heteroatoms. The van der Waals surface area contributed by atoms with Crippen LogP contribution in [0.1, 0.15) is 24.2 Å². The van der Waals surface area contributed by atoms with Crippen molar-refractivity contribution in [2.24, 2.45) is 0 Å². The highest BCUT2D eigenvalue weighted by molar-refractivity contribution is 6.04. The van der Waals surface area contributed by atoms with Crippen LogP contribution in [0.15, 0.2) is 67.0 Å². The second kappa shape index (κ2) is 8.90. The molecule has 1 heterocycles. The fourth-order valence-corrected chi connectivity index (χ4v) is 2.59. The molecule has 0 aliphatic rings. The molecule has 0 bridgehead atoms. The summed E-state index contributed by atoms with van der Waals surface area (Å²) in [6.07, 6.45) is 3.25. The molecular weight excluding hydrogens is 354 g/mol. The van der Waals surface area contributed by atoms with E-state index in [1.54, 1.807) is 43.6 Å². The molecule has 0 aliphatic heterocycles. The summed E-state index contributed by atoms with van der Waals surface area (Å²) in [5.41, 5.74) is 2.64. The first-order valence-electron chi connectivity index (χ1n) is 8.98. The normalized spacial score (nSPS) is 10.4. The van der Waals surface area contributed by atoms with Crippen LogP contribution in [0.2, 0.25) is 0 Å². The Morgan fingerprint density at radius 1 is 1.00 bits per heavy atom. The molecule has 2 N–H and O–H groups in total. The molecule has 0 saturated carbocycles. The van der Waals surface area contributed by atoms with E-state index < -0.39 is 0 Å². The standard InChI is InChI=1S/C22H23N3O3/c1-15(2)28-21-7-5-4-6-20(21)24-18-12-16(13-23-14-18)22(26)25-17-8-10-19(27-3)11-9-17/h4-15,24H,1-3H3,(H,25,26). The Balaban J connectivity index is 1.74. The summed E-state index contributed by atoms with van der Waals surface area (Å²) >= 11 is 0. The molecule has 3 rings (SSSR count). The van der Waals surface area contributed by atoms with Gasteiger partial charge in [0.1, 0.15) is 11.5 Å². The molecule has 3 aromatic rings. The van der Waals surface area contributed by atoms with Crippen LogP contribution in [0.3, 0.4) is 0 Å². The lowest BCUT2D eigenvalue weighted by Gasteiger charge is -2.15. The lowest BCUT2D eigenvalue weighted by molar-refractivity contribution is 0.102. The fraction of sp³-hybridized carbons (Fsp3) is 0.182. The molecule has 28 heavy (non-hydrogen) atoms. The molecule has 1 aromatic heterocycles. The number of methoxy groups -OCH3 is 1. The van der Waals surface area contributed by atoms with Crippen LogP contribution >= 0.6 is 0 Å². The van der Waals surface area contributed by atoms with Crippen molar-refractivity contribution >= 4 is 23.0 Å². The number of amides is 1. The predicted octanol–water partition coefficient (Wildman–Crippen LogP) is 4.87. The van der Waals surface area contributed by atoms with E-state index in [-0.39, 0.29) is 12.0 Å². The first-order valence-corrected chi connectivity index (χ1v) is 8.98. The summed E-state index contributed by atoms with van der Waals surface area (Å²) in [5, 5.41) is 6.12. The number of nitrogens with zero attached hydrogens (tertiary/aromatic N) is 1. The van der Waals surface area contributed by atoms with Crippen LogP contribution in [0.4, 0.5) is 17.1 Å². The second-order valence-corrected chi connectivity index (χ2v) is 6.43. The number of nitrogens with one attached hydrogen (secondary N) is 2. The summed E-state index contributed by atoms with van der Waals surface area (Å²) in [4.78, 5) is 16.7. The SMILES string of the molecule is COc1ccc(NC(=O)c2cncc(Nc3ccccc3OC(C)C)c2)cc1. The summed E-state index contributed by atoms with van der Waals surface area (Å²) in [6, 6.07) is 16.5. The van der Waals surface area contributed by atoms with Gasteiger partial charge in [0.2, 0.25) is 0 Å². The highest BCUT2D eigenvalue weighted by Crippen LogP contribution is 2.28. The van der Waals surface area contributed by atoms with Gasteiger partial charge in [-0.05, 0) is 56.3 Å². The molecule has 0 spiro atoms. The van der Waals surface area contributed by atoms with E-state index in [9.17, 15) is 4.79 Å². The summed E-state index contributed by atoms with van der Waals surface area (Å²) < 4.78 is 10.9. The number of para-hydroxylation sites is 2. The van der Waals surface area contributed by atoms with Gasteiger partial charge in [0.05, 0.1) is 36.3 Å². The van der Waals surface area contributed by atoms with Crippen LogP contribution in [0.5, 0.6) is 11.5 Å². The van der Waals surface area contributed by atoms with Gasteiger partial charge in [-0.3, -0.25) is 9.78 Å². The van der Waals surface area contributed by atoms with Gasteiger partial charge in [-0.25, -0.2) is 0 Å². The smallest absolute Gasteiger partial charge is 0.257 e. The van der Waals surface area contributed by atoms with Crippen molar-refractivity contribution in [2.75, 3.05) is 17.7 Å². The van der Waals surface area contributed by atoms with E-state index in [0.29, 0.717) is 16.9 Å². The molecule has 0 aliphatic carbocycles. The number of rotatable bonds is 7. The molecule has 2 aromatic carbocycles. The quantitative estimate of drug-likeness (QED) is 0.614. The minimum absolute atomic E-state index is 0.0580. The molecule has 0 atom stereocenters. The molecule has 144 valence electrons. The van der Waals surface area contributed by atoms with Gasteiger partial charge in [-0.15, -0.1) is 0 Å². The molecular formula is C22H23N3O3. The number of carbonyl (C=O) groups excluding carboxylic acids is 1. The maximum atomic E-state index is 12.6. The van der Waals surface area contributed by atoms with Gasteiger partial charge in [-0.2, -0.15) is 0 Å². The third kappa shape index (κ3) is 5.01. The van der Waals surface area contributed by atoms with E-state index in [1.807, 2.05) is 38.1 Å². The number of pyridine rings is 1. The third-order valence-electron chi connectivity index (χ3n) is 3.88. The number of benzene rings is 2. The van der Waals surface area contributed by atoms with Crippen LogP contribution < -0.4 is 20.1 Å². The molecule has 0 saturated heterocycles. The first kappa shape index (κ1) is 19.2. The highest BCUT2D eigenvalue weighted by Gasteiger charge is 2.10. The Bertz CT molecular complexity index is 940. The maximum absolute atomic E-state index is 12.6. The van der Waals surface area contributed by atoms with Crippen molar-refractivity contribution in [1.29, 1.82) is 0 Å². The summed E-state index contributed by atoms with van der Waals surface area (Å²) in [7, 11) is 1.60. The van der Waals surface area contributed by atoms with E-state index in [2.05, 4.69) is 15.6 Å². The minimum atomic E-state index is -0.243. The summed E-state index contributed by atoms with van der Waals surface area (Å²) in [5.74, 6) is 1.23. The Hall–Kier alpha value is -3.54. The molecule has 1 amide bonds. The number of carbonyl (C=O) groups is 1. The molecule has 6 nitrogen and oxygen atoms in total. The lowest BCUT2D eigenvalue weighted by Crippen LogP contribution is -2.12. The zero-order valence-corrected chi connectivity index (χ0v) is 16.1. The van der Waals surface area contributed by atoms with Gasteiger partial charge < -0.3 is 20.1 Å². The number of aromatic nitrogens is 1. The van der Waals surface area contributed by atoms with Crippen LogP contribution in [0.25, 0.3) is 0 Å². The topological polar surface area (TPSA) is 72.5 Å². The van der Waals surface area contributed by atoms with Crippen molar-refractivity contribution in [3.63, 3.8) is 0 Å². The van der Waals surface area contributed by atoms with Crippen molar-refractivity contribution in [1.82, 2.24) is 4.98 Å². The van der Waals surface area contributed by atoms with Gasteiger partial charge in [-0.1, -0.05) is 12.1 Å². The van der Waals surface area contributed by atoms with Gasteiger partial charge in [0, 0.05) is 11.9 Å². The van der Waals surface area contributed by atoms with Crippen molar-refractivity contribution in [2.45, 2.75) is 20.0 Å². The largest absolute Gasteiger partial charge is 0.497 e. The molecule has 0 radical (unpaired) electrons. The van der Waals surface area contributed by atoms with Gasteiger partial charge in [0.25, 0.3) is 5.91 Å². The Kier molecular flexibility index (Phi) is 6.11. The zero-order chi connectivity index (χ0) is 19.9. The van der Waals surface area contributed by atoms with Crippen LogP contribution in [-0.4, -0.2) is 24.1 Å². The van der Waals surface area contributed by atoms with Gasteiger partial charge >= 0.3 is 0 Å². The van der Waals surface area contributed by atoms with E-state index in [0.717, 1.165) is 17.2 Å². The zero-order valence-electron chi connectivity index (χ0n) is 16.1. The van der Waals surface area contributed by atoms with Crippen molar-refractivity contribution in [3.8, 4) is 11.5 Å². The predicted molar refractivity (Wildman–Crippen MR) is 111 cm³/mol. The Labute approximate surface area is 164 Å². The third-order valence-corrected chi connectivity index (χ3v) is 3.88. The van der Waals surface area contributed by atoms with E-state index in [1.165, 1.54) is 6.20 Å². The average molecular weight is 377 g/mol. The molecule has 0 unspecified atom stereocenters. The fourth-order valence-electron chi connectivity index (χ4n) is 2.59. The second-order valence-electron chi connectivity index (χ2n) is 6.43. The maximum Gasteiger partial charge on any atom is 0.257 e. The van der Waals surface area contributed by atoms with Crippen molar-refractivity contribution in [3.05, 3.63) is 72.6 Å². The average Bonchev–Trinajstić information content (AvgIpc) is 2.70. The van der Waals surface area contributed by atoms with Crippen LogP contribution in [-0.2, 0) is 0 Å². The highest BCUT2D eigenvalue weighted by atomic mass is 16.5. The van der Waals surface area contributed by atoms with Crippen molar-refractivity contribution < 1.29 is 14.3 Å². The number of hydrogen-bond donors (Lipinski definition) is 2. The van der Waals surface area contributed by atoms with Crippen LogP contribution in [0, 0.1) is 0 Å². The van der Waals surface area contributed by atoms with Gasteiger partial charge in [0.15, 0.2) is 0 Å². The van der Waals surface area contributed by atoms with E-state index in [4.69, 9.17) is 9.47 Å².